The summed E-state index contributed by atoms with van der Waals surface area (Å²) < 4.78 is 10.4. The number of benzene rings is 1. The van der Waals surface area contributed by atoms with E-state index in [1.54, 1.807) is 19.6 Å². The van der Waals surface area contributed by atoms with Crippen molar-refractivity contribution in [3.63, 3.8) is 0 Å². The summed E-state index contributed by atoms with van der Waals surface area (Å²) in [5.74, 6) is 0.916. The monoisotopic (exact) mass is 231 g/mol. The minimum Gasteiger partial charge on any atom is -0.496 e. The normalized spacial score (nSPS) is 12.4. The van der Waals surface area contributed by atoms with E-state index < -0.39 is 0 Å². The molecule has 2 rings (SSSR count). The van der Waals surface area contributed by atoms with Gasteiger partial charge in [-0.15, -0.1) is 0 Å². The van der Waals surface area contributed by atoms with E-state index >= 15 is 0 Å². The fraction of sp³-hybridized carbons (Fsp3) is 0.286. The van der Waals surface area contributed by atoms with Gasteiger partial charge in [0.15, 0.2) is 0 Å². The summed E-state index contributed by atoms with van der Waals surface area (Å²) in [6.07, 6.45) is 3.45. The average Bonchev–Trinajstić information content (AvgIpc) is 2.90. The van der Waals surface area contributed by atoms with Gasteiger partial charge in [0.05, 0.1) is 19.6 Å². The molecule has 2 aromatic rings. The van der Waals surface area contributed by atoms with Gasteiger partial charge in [-0.1, -0.05) is 18.2 Å². The second-order valence-corrected chi connectivity index (χ2v) is 3.97. The standard InChI is InChI=1S/C14H17NO2/c1-11(13-7-8-17-10-13)15-9-12-5-3-4-6-14(12)16-2/h3-8,10-11,15H,9H2,1-2H3. The van der Waals surface area contributed by atoms with E-state index in [1.165, 1.54) is 0 Å². The molecule has 0 aliphatic rings. The van der Waals surface area contributed by atoms with Crippen molar-refractivity contribution in [3.8, 4) is 5.75 Å². The van der Waals surface area contributed by atoms with Gasteiger partial charge in [0.2, 0.25) is 0 Å². The second-order valence-electron chi connectivity index (χ2n) is 3.97. The maximum absolute atomic E-state index is 5.31. The van der Waals surface area contributed by atoms with Crippen LogP contribution in [0, 0.1) is 0 Å². The van der Waals surface area contributed by atoms with Crippen LogP contribution < -0.4 is 10.1 Å². The van der Waals surface area contributed by atoms with Gasteiger partial charge in [0.1, 0.15) is 5.75 Å². The summed E-state index contributed by atoms with van der Waals surface area (Å²) in [7, 11) is 1.69. The summed E-state index contributed by atoms with van der Waals surface area (Å²) in [5.41, 5.74) is 2.31. The molecule has 0 radical (unpaired) electrons. The van der Waals surface area contributed by atoms with Crippen LogP contribution in [0.5, 0.6) is 5.75 Å². The highest BCUT2D eigenvalue weighted by molar-refractivity contribution is 5.33. The van der Waals surface area contributed by atoms with Crippen LogP contribution in [0.25, 0.3) is 0 Å². The Morgan fingerprint density at radius 1 is 1.29 bits per heavy atom. The lowest BCUT2D eigenvalue weighted by atomic mass is 10.1. The topological polar surface area (TPSA) is 34.4 Å². The van der Waals surface area contributed by atoms with Crippen molar-refractivity contribution < 1.29 is 9.15 Å². The Labute approximate surface area is 101 Å². The number of rotatable bonds is 5. The van der Waals surface area contributed by atoms with Gasteiger partial charge in [-0.3, -0.25) is 0 Å². The Bertz CT molecular complexity index is 451. The average molecular weight is 231 g/mol. The third-order valence-electron chi connectivity index (χ3n) is 2.83. The molecule has 0 amide bonds. The molecule has 0 saturated heterocycles. The van der Waals surface area contributed by atoms with E-state index in [0.717, 1.165) is 23.4 Å². The molecule has 0 saturated carbocycles. The third kappa shape index (κ3) is 2.88. The Morgan fingerprint density at radius 2 is 2.12 bits per heavy atom. The lowest BCUT2D eigenvalue weighted by molar-refractivity contribution is 0.406. The lowest BCUT2D eigenvalue weighted by Gasteiger charge is -2.13. The Hall–Kier alpha value is -1.74. The predicted octanol–water partition coefficient (Wildman–Crippen LogP) is 3.14. The molecular weight excluding hydrogens is 214 g/mol. The number of hydrogen-bond acceptors (Lipinski definition) is 3. The molecular formula is C14H17NO2. The van der Waals surface area contributed by atoms with Crippen molar-refractivity contribution in [3.05, 3.63) is 54.0 Å². The largest absolute Gasteiger partial charge is 0.496 e. The first-order valence-corrected chi connectivity index (χ1v) is 5.68. The molecule has 1 N–H and O–H groups in total. The van der Waals surface area contributed by atoms with E-state index in [1.807, 2.05) is 24.3 Å². The number of furan rings is 1. The Kier molecular flexibility index (Phi) is 3.83. The summed E-state index contributed by atoms with van der Waals surface area (Å²) in [5, 5.41) is 3.44. The van der Waals surface area contributed by atoms with Crippen molar-refractivity contribution in [1.29, 1.82) is 0 Å². The molecule has 3 nitrogen and oxygen atoms in total. The Morgan fingerprint density at radius 3 is 2.82 bits per heavy atom. The highest BCUT2D eigenvalue weighted by Crippen LogP contribution is 2.19. The Balaban J connectivity index is 1.98. The summed E-state index contributed by atoms with van der Waals surface area (Å²) >= 11 is 0. The number of para-hydroxylation sites is 1. The van der Waals surface area contributed by atoms with Gasteiger partial charge in [-0.25, -0.2) is 0 Å². The van der Waals surface area contributed by atoms with Gasteiger partial charge < -0.3 is 14.5 Å². The van der Waals surface area contributed by atoms with Crippen molar-refractivity contribution in [1.82, 2.24) is 5.32 Å². The van der Waals surface area contributed by atoms with Crippen molar-refractivity contribution in [2.24, 2.45) is 0 Å². The highest BCUT2D eigenvalue weighted by atomic mass is 16.5. The zero-order valence-corrected chi connectivity index (χ0v) is 10.1. The first-order chi connectivity index (χ1) is 8.31. The van der Waals surface area contributed by atoms with E-state index in [-0.39, 0.29) is 6.04 Å². The molecule has 0 aliphatic heterocycles. The van der Waals surface area contributed by atoms with E-state index in [4.69, 9.17) is 9.15 Å². The minimum atomic E-state index is 0.263. The SMILES string of the molecule is COc1ccccc1CNC(C)c1ccoc1. The zero-order valence-electron chi connectivity index (χ0n) is 10.1. The van der Waals surface area contributed by atoms with Gasteiger partial charge in [0, 0.05) is 23.7 Å². The van der Waals surface area contributed by atoms with Crippen LogP contribution in [0.4, 0.5) is 0 Å². The van der Waals surface area contributed by atoms with E-state index in [0.29, 0.717) is 0 Å². The molecule has 0 spiro atoms. The van der Waals surface area contributed by atoms with Crippen LogP contribution in [-0.2, 0) is 6.54 Å². The van der Waals surface area contributed by atoms with Crippen LogP contribution in [0.3, 0.4) is 0 Å². The molecule has 1 aromatic carbocycles. The maximum atomic E-state index is 5.31. The smallest absolute Gasteiger partial charge is 0.123 e. The zero-order chi connectivity index (χ0) is 12.1. The lowest BCUT2D eigenvalue weighted by Crippen LogP contribution is -2.17. The molecule has 1 unspecified atom stereocenters. The van der Waals surface area contributed by atoms with Gasteiger partial charge in [0.25, 0.3) is 0 Å². The fourth-order valence-corrected chi connectivity index (χ4v) is 1.75. The van der Waals surface area contributed by atoms with Crippen LogP contribution in [0.15, 0.2) is 47.3 Å². The fourth-order valence-electron chi connectivity index (χ4n) is 1.75. The van der Waals surface area contributed by atoms with Crippen molar-refractivity contribution >= 4 is 0 Å². The van der Waals surface area contributed by atoms with Crippen LogP contribution >= 0.6 is 0 Å². The van der Waals surface area contributed by atoms with Crippen LogP contribution in [0.2, 0.25) is 0 Å². The maximum Gasteiger partial charge on any atom is 0.123 e. The highest BCUT2D eigenvalue weighted by Gasteiger charge is 2.07. The third-order valence-corrected chi connectivity index (χ3v) is 2.83. The molecule has 0 aliphatic carbocycles. The van der Waals surface area contributed by atoms with Gasteiger partial charge in [-0.2, -0.15) is 0 Å². The quantitative estimate of drug-likeness (QED) is 0.858. The molecule has 90 valence electrons. The molecule has 0 fully saturated rings. The van der Waals surface area contributed by atoms with Crippen molar-refractivity contribution in [2.45, 2.75) is 19.5 Å². The molecule has 1 atom stereocenters. The predicted molar refractivity (Wildman–Crippen MR) is 67.0 cm³/mol. The van der Waals surface area contributed by atoms with Crippen molar-refractivity contribution in [2.75, 3.05) is 7.11 Å². The van der Waals surface area contributed by atoms with Gasteiger partial charge >= 0.3 is 0 Å². The number of ether oxygens (including phenoxy) is 1. The van der Waals surface area contributed by atoms with Gasteiger partial charge in [-0.05, 0) is 19.1 Å². The molecule has 1 aromatic heterocycles. The first-order valence-electron chi connectivity index (χ1n) is 5.68. The minimum absolute atomic E-state index is 0.263. The summed E-state index contributed by atoms with van der Waals surface area (Å²) in [6.45, 7) is 2.89. The summed E-state index contributed by atoms with van der Waals surface area (Å²) in [6, 6.07) is 10.3. The van der Waals surface area contributed by atoms with Crippen LogP contribution in [-0.4, -0.2) is 7.11 Å². The number of methoxy groups -OCH3 is 1. The molecule has 0 bridgehead atoms. The van der Waals surface area contributed by atoms with Crippen LogP contribution in [0.1, 0.15) is 24.1 Å². The molecule has 17 heavy (non-hydrogen) atoms. The molecule has 1 heterocycles. The second kappa shape index (κ2) is 5.55. The van der Waals surface area contributed by atoms with E-state index in [2.05, 4.69) is 18.3 Å². The molecule has 3 heteroatoms. The summed E-state index contributed by atoms with van der Waals surface area (Å²) in [4.78, 5) is 0. The number of nitrogens with one attached hydrogen (secondary N) is 1. The first kappa shape index (κ1) is 11.7. The number of hydrogen-bond donors (Lipinski definition) is 1. The van der Waals surface area contributed by atoms with E-state index in [9.17, 15) is 0 Å².